The van der Waals surface area contributed by atoms with Gasteiger partial charge in [0.1, 0.15) is 17.2 Å². The second-order valence-corrected chi connectivity index (χ2v) is 4.97. The molecule has 0 saturated heterocycles. The van der Waals surface area contributed by atoms with Gasteiger partial charge in [-0.3, -0.25) is 0 Å². The largest absolute Gasteiger partial charge is 0.505 e. The molecule has 24 heavy (non-hydrogen) atoms. The third kappa shape index (κ3) is 2.94. The lowest BCUT2D eigenvalue weighted by atomic mass is 10.1. The van der Waals surface area contributed by atoms with Gasteiger partial charge in [-0.15, -0.1) is 0 Å². The molecule has 0 radical (unpaired) electrons. The minimum Gasteiger partial charge on any atom is -0.505 e. The summed E-state index contributed by atoms with van der Waals surface area (Å²) in [5, 5.41) is 11.4. The summed E-state index contributed by atoms with van der Waals surface area (Å²) in [6.07, 6.45) is 1.50. The molecule has 3 aromatic rings. The molecule has 0 atom stereocenters. The van der Waals surface area contributed by atoms with Gasteiger partial charge in [0.15, 0.2) is 11.4 Å². The maximum atomic E-state index is 11.6. The van der Waals surface area contributed by atoms with Gasteiger partial charge in [-0.1, -0.05) is 0 Å². The Labute approximate surface area is 138 Å². The lowest BCUT2D eigenvalue weighted by Gasteiger charge is -2.09. The van der Waals surface area contributed by atoms with Gasteiger partial charge >= 0.3 is 5.97 Å². The van der Waals surface area contributed by atoms with Crippen LogP contribution in [0.5, 0.6) is 23.0 Å². The zero-order chi connectivity index (χ0) is 17.1. The third-order valence-electron chi connectivity index (χ3n) is 3.51. The van der Waals surface area contributed by atoms with E-state index >= 15 is 0 Å². The highest BCUT2D eigenvalue weighted by Crippen LogP contribution is 2.32. The molecule has 0 amide bonds. The summed E-state index contributed by atoms with van der Waals surface area (Å²) < 4.78 is 15.5. The van der Waals surface area contributed by atoms with Crippen molar-refractivity contribution >= 4 is 16.7 Å². The van der Waals surface area contributed by atoms with Crippen molar-refractivity contribution in [1.82, 2.24) is 4.98 Å². The van der Waals surface area contributed by atoms with Crippen molar-refractivity contribution in [2.24, 2.45) is 0 Å². The molecule has 6 nitrogen and oxygen atoms in total. The van der Waals surface area contributed by atoms with E-state index in [1.165, 1.54) is 13.3 Å². The fourth-order valence-corrected chi connectivity index (χ4v) is 2.27. The molecule has 6 heteroatoms. The second-order valence-electron chi connectivity index (χ2n) is 4.97. The van der Waals surface area contributed by atoms with Gasteiger partial charge in [0.2, 0.25) is 0 Å². The number of aromatic hydroxyl groups is 1. The molecule has 1 heterocycles. The predicted molar refractivity (Wildman–Crippen MR) is 87.8 cm³/mol. The van der Waals surface area contributed by atoms with Gasteiger partial charge in [0.05, 0.1) is 14.2 Å². The average molecular weight is 325 g/mol. The number of benzene rings is 2. The standard InChI is InChI=1S/C18H15NO5/c1-22-12-5-7-13(8-6-12)24-14-4-3-11-10-19-16(18(21)23-2)17(20)15(11)9-14/h3-10,20H,1-2H3. The number of esters is 1. The van der Waals surface area contributed by atoms with Crippen molar-refractivity contribution in [3.8, 4) is 23.0 Å². The van der Waals surface area contributed by atoms with E-state index in [2.05, 4.69) is 9.72 Å². The summed E-state index contributed by atoms with van der Waals surface area (Å²) in [6.45, 7) is 0. The number of carbonyl (C=O) groups excluding carboxylic acids is 1. The monoisotopic (exact) mass is 325 g/mol. The summed E-state index contributed by atoms with van der Waals surface area (Å²) in [4.78, 5) is 15.6. The highest BCUT2D eigenvalue weighted by Gasteiger charge is 2.16. The van der Waals surface area contributed by atoms with Crippen LogP contribution >= 0.6 is 0 Å². The molecular weight excluding hydrogens is 310 g/mol. The van der Waals surface area contributed by atoms with Crippen molar-refractivity contribution in [2.75, 3.05) is 14.2 Å². The van der Waals surface area contributed by atoms with Gasteiger partial charge in [-0.05, 0) is 42.5 Å². The Morgan fingerprint density at radius 3 is 2.33 bits per heavy atom. The highest BCUT2D eigenvalue weighted by atomic mass is 16.5. The number of fused-ring (bicyclic) bond motifs is 1. The molecule has 0 saturated carbocycles. The van der Waals surface area contributed by atoms with Crippen LogP contribution in [0.15, 0.2) is 48.7 Å². The number of hydrogen-bond donors (Lipinski definition) is 1. The van der Waals surface area contributed by atoms with E-state index < -0.39 is 5.97 Å². The van der Waals surface area contributed by atoms with E-state index in [9.17, 15) is 9.90 Å². The molecule has 0 aliphatic carbocycles. The molecule has 2 aromatic carbocycles. The van der Waals surface area contributed by atoms with Gasteiger partial charge in [0.25, 0.3) is 0 Å². The first kappa shape index (κ1) is 15.6. The second kappa shape index (κ2) is 6.45. The summed E-state index contributed by atoms with van der Waals surface area (Å²) in [5.41, 5.74) is -0.133. The van der Waals surface area contributed by atoms with E-state index in [-0.39, 0.29) is 11.4 Å². The van der Waals surface area contributed by atoms with Crippen molar-refractivity contribution in [3.05, 3.63) is 54.4 Å². The maximum absolute atomic E-state index is 11.6. The van der Waals surface area contributed by atoms with E-state index in [0.717, 1.165) is 5.75 Å². The quantitative estimate of drug-likeness (QED) is 0.739. The highest BCUT2D eigenvalue weighted by molar-refractivity contribution is 5.99. The van der Waals surface area contributed by atoms with Crippen molar-refractivity contribution in [1.29, 1.82) is 0 Å². The summed E-state index contributed by atoms with van der Waals surface area (Å²) in [7, 11) is 2.83. The van der Waals surface area contributed by atoms with Crippen LogP contribution in [0.1, 0.15) is 10.5 Å². The van der Waals surface area contributed by atoms with Gasteiger partial charge in [0, 0.05) is 17.0 Å². The van der Waals surface area contributed by atoms with Crippen LogP contribution < -0.4 is 9.47 Å². The van der Waals surface area contributed by atoms with Crippen LogP contribution in [0.3, 0.4) is 0 Å². The van der Waals surface area contributed by atoms with E-state index in [1.807, 2.05) is 0 Å². The molecule has 0 fully saturated rings. The Bertz CT molecular complexity index is 890. The molecule has 1 aromatic heterocycles. The molecule has 0 aliphatic heterocycles. The van der Waals surface area contributed by atoms with E-state index in [4.69, 9.17) is 9.47 Å². The van der Waals surface area contributed by atoms with Gasteiger partial charge < -0.3 is 19.3 Å². The average Bonchev–Trinajstić information content (AvgIpc) is 2.62. The zero-order valence-corrected chi connectivity index (χ0v) is 13.1. The van der Waals surface area contributed by atoms with E-state index in [0.29, 0.717) is 22.3 Å². The first-order chi connectivity index (χ1) is 11.6. The Balaban J connectivity index is 1.97. The lowest BCUT2D eigenvalue weighted by Crippen LogP contribution is -2.04. The van der Waals surface area contributed by atoms with Crippen LogP contribution in [-0.2, 0) is 4.74 Å². The predicted octanol–water partition coefficient (Wildman–Crippen LogP) is 3.53. The molecular formula is C18H15NO5. The Morgan fingerprint density at radius 2 is 1.67 bits per heavy atom. The summed E-state index contributed by atoms with van der Waals surface area (Å²) in [5.74, 6) is 0.935. The summed E-state index contributed by atoms with van der Waals surface area (Å²) >= 11 is 0. The molecule has 0 bridgehead atoms. The molecule has 1 N–H and O–H groups in total. The van der Waals surface area contributed by atoms with Crippen molar-refractivity contribution in [3.63, 3.8) is 0 Å². The number of ether oxygens (including phenoxy) is 3. The lowest BCUT2D eigenvalue weighted by molar-refractivity contribution is 0.0591. The topological polar surface area (TPSA) is 77.9 Å². The zero-order valence-electron chi connectivity index (χ0n) is 13.1. The molecule has 0 spiro atoms. The Hall–Kier alpha value is -3.28. The van der Waals surface area contributed by atoms with E-state index in [1.54, 1.807) is 49.6 Å². The fraction of sp³-hybridized carbons (Fsp3) is 0.111. The van der Waals surface area contributed by atoms with Gasteiger partial charge in [-0.25, -0.2) is 9.78 Å². The van der Waals surface area contributed by atoms with Crippen LogP contribution in [0.4, 0.5) is 0 Å². The number of hydrogen-bond acceptors (Lipinski definition) is 6. The van der Waals surface area contributed by atoms with Crippen molar-refractivity contribution < 1.29 is 24.1 Å². The number of pyridine rings is 1. The Morgan fingerprint density at radius 1 is 1.00 bits per heavy atom. The first-order valence-electron chi connectivity index (χ1n) is 7.14. The number of nitrogens with zero attached hydrogens (tertiary/aromatic N) is 1. The first-order valence-corrected chi connectivity index (χ1v) is 7.14. The number of aromatic nitrogens is 1. The minimum absolute atomic E-state index is 0.133. The van der Waals surface area contributed by atoms with Crippen LogP contribution in [0, 0.1) is 0 Å². The smallest absolute Gasteiger partial charge is 0.360 e. The maximum Gasteiger partial charge on any atom is 0.360 e. The number of rotatable bonds is 4. The summed E-state index contributed by atoms with van der Waals surface area (Å²) in [6, 6.07) is 12.3. The van der Waals surface area contributed by atoms with Crippen LogP contribution in [0.25, 0.3) is 10.8 Å². The van der Waals surface area contributed by atoms with Crippen molar-refractivity contribution in [2.45, 2.75) is 0 Å². The SMILES string of the molecule is COC(=O)c1ncc2ccc(Oc3ccc(OC)cc3)cc2c1O. The third-order valence-corrected chi connectivity index (χ3v) is 3.51. The number of methoxy groups -OCH3 is 2. The molecule has 3 rings (SSSR count). The van der Waals surface area contributed by atoms with Crippen LogP contribution in [-0.4, -0.2) is 30.3 Å². The normalized spacial score (nSPS) is 10.4. The number of carbonyl (C=O) groups is 1. The van der Waals surface area contributed by atoms with Crippen LogP contribution in [0.2, 0.25) is 0 Å². The molecule has 0 unspecified atom stereocenters. The minimum atomic E-state index is -0.698. The molecule has 122 valence electrons. The fourth-order valence-electron chi connectivity index (χ4n) is 2.27. The Kier molecular flexibility index (Phi) is 4.20. The molecule has 0 aliphatic rings. The van der Waals surface area contributed by atoms with Gasteiger partial charge in [-0.2, -0.15) is 0 Å².